The van der Waals surface area contributed by atoms with Crippen molar-refractivity contribution in [3.8, 4) is 0 Å². The average molecular weight is 535 g/mol. The maximum absolute atomic E-state index is 13.3. The molecule has 2 saturated heterocycles. The number of piperazine rings is 1. The van der Waals surface area contributed by atoms with Crippen LogP contribution in [0, 0.1) is 6.92 Å². The first-order chi connectivity index (χ1) is 17.3. The van der Waals surface area contributed by atoms with Crippen molar-refractivity contribution < 1.29 is 35.9 Å². The average Bonchev–Trinajstić information content (AvgIpc) is 2.84. The smallest absolute Gasteiger partial charge is 0.366 e. The van der Waals surface area contributed by atoms with Gasteiger partial charge in [-0.2, -0.15) is 31.4 Å². The van der Waals surface area contributed by atoms with Gasteiger partial charge < -0.3 is 14.5 Å². The minimum atomic E-state index is -4.83. The van der Waals surface area contributed by atoms with Crippen LogP contribution in [-0.4, -0.2) is 87.9 Å². The molecule has 2 fully saturated rings. The summed E-state index contributed by atoms with van der Waals surface area (Å²) in [4.78, 5) is 37.2. The van der Waals surface area contributed by atoms with Crippen molar-refractivity contribution in [3.05, 3.63) is 45.1 Å². The predicted molar refractivity (Wildman–Crippen MR) is 115 cm³/mol. The van der Waals surface area contributed by atoms with Crippen LogP contribution in [0.1, 0.15) is 22.4 Å². The van der Waals surface area contributed by atoms with Gasteiger partial charge in [-0.1, -0.05) is 0 Å². The largest absolute Gasteiger partial charge is 0.422 e. The number of anilines is 1. The van der Waals surface area contributed by atoms with E-state index in [1.807, 2.05) is 5.10 Å². The molecular formula is C21H23F6N7O3. The summed E-state index contributed by atoms with van der Waals surface area (Å²) in [5.41, 5.74) is -3.79. The van der Waals surface area contributed by atoms with E-state index in [0.717, 1.165) is 0 Å². The van der Waals surface area contributed by atoms with Crippen molar-refractivity contribution in [3.63, 3.8) is 0 Å². The molecule has 10 nitrogen and oxygen atoms in total. The standard InChI is InChI=1S/C21H23F6N7O3/c1-12-14(30-31-17(35)16(12)21(25,26)27)10-32-6-7-37-15(11-32)18(36)33-2-4-34(5-3-33)19-28-8-13(9-29-19)20(22,23)24/h8-9,15H,2-7,10-11H2,1H3,(H,31,35)/t15-/m1/s1. The molecule has 0 radical (unpaired) electrons. The fourth-order valence-electron chi connectivity index (χ4n) is 4.24. The Balaban J connectivity index is 1.35. The number of halogens is 6. The monoisotopic (exact) mass is 535 g/mol. The summed E-state index contributed by atoms with van der Waals surface area (Å²) in [5, 5.41) is 5.66. The highest BCUT2D eigenvalue weighted by Crippen LogP contribution is 2.30. The Morgan fingerprint density at radius 1 is 1.05 bits per heavy atom. The van der Waals surface area contributed by atoms with Gasteiger partial charge in [0.15, 0.2) is 0 Å². The normalized spacial score (nSPS) is 19.8. The van der Waals surface area contributed by atoms with Crippen LogP contribution >= 0.6 is 0 Å². The minimum Gasteiger partial charge on any atom is -0.366 e. The third-order valence-corrected chi connectivity index (χ3v) is 6.25. The molecule has 0 aliphatic carbocycles. The lowest BCUT2D eigenvalue weighted by Crippen LogP contribution is -2.56. The highest BCUT2D eigenvalue weighted by atomic mass is 19.4. The number of hydrogen-bond donors (Lipinski definition) is 1. The number of aromatic nitrogens is 4. The highest BCUT2D eigenvalue weighted by molar-refractivity contribution is 5.81. The number of nitrogens with zero attached hydrogens (tertiary/aromatic N) is 6. The second kappa shape index (κ2) is 10.2. The summed E-state index contributed by atoms with van der Waals surface area (Å²) < 4.78 is 83.5. The summed E-state index contributed by atoms with van der Waals surface area (Å²) in [5.74, 6) is -0.179. The van der Waals surface area contributed by atoms with Crippen molar-refractivity contribution in [2.45, 2.75) is 31.9 Å². The first-order valence-corrected chi connectivity index (χ1v) is 11.3. The lowest BCUT2D eigenvalue weighted by atomic mass is 10.1. The lowest BCUT2D eigenvalue weighted by Gasteiger charge is -2.38. The zero-order chi connectivity index (χ0) is 27.0. The van der Waals surface area contributed by atoms with E-state index in [2.05, 4.69) is 15.1 Å². The lowest BCUT2D eigenvalue weighted by molar-refractivity contribution is -0.150. The van der Waals surface area contributed by atoms with E-state index >= 15 is 0 Å². The molecule has 202 valence electrons. The Morgan fingerprint density at radius 2 is 1.70 bits per heavy atom. The van der Waals surface area contributed by atoms with Crippen LogP contribution in [0.2, 0.25) is 0 Å². The molecule has 1 atom stereocenters. The molecule has 2 aliphatic heterocycles. The van der Waals surface area contributed by atoms with Gasteiger partial charge in [0.05, 0.1) is 17.9 Å². The SMILES string of the molecule is Cc1c(CN2CCO[C@@H](C(=O)N3CCN(c4ncc(C(F)(F)F)cn4)CC3)C2)n[nH]c(=O)c1C(F)(F)F. The summed E-state index contributed by atoms with van der Waals surface area (Å²) in [6.45, 7) is 2.93. The number of amides is 1. The maximum Gasteiger partial charge on any atom is 0.422 e. The molecule has 2 aromatic rings. The third-order valence-electron chi connectivity index (χ3n) is 6.25. The number of H-pyrrole nitrogens is 1. The van der Waals surface area contributed by atoms with E-state index < -0.39 is 35.1 Å². The molecule has 37 heavy (non-hydrogen) atoms. The molecule has 2 aromatic heterocycles. The van der Waals surface area contributed by atoms with Crippen LogP contribution in [0.25, 0.3) is 0 Å². The van der Waals surface area contributed by atoms with E-state index in [-0.39, 0.29) is 55.9 Å². The second-order valence-electron chi connectivity index (χ2n) is 8.67. The molecule has 4 rings (SSSR count). The molecule has 16 heteroatoms. The van der Waals surface area contributed by atoms with E-state index in [1.54, 1.807) is 14.7 Å². The van der Waals surface area contributed by atoms with Crippen LogP contribution < -0.4 is 10.5 Å². The van der Waals surface area contributed by atoms with Crippen LogP contribution in [0.4, 0.5) is 32.3 Å². The van der Waals surface area contributed by atoms with Gasteiger partial charge in [0.1, 0.15) is 11.7 Å². The van der Waals surface area contributed by atoms with Crippen molar-refractivity contribution >= 4 is 11.9 Å². The van der Waals surface area contributed by atoms with Crippen LogP contribution in [0.15, 0.2) is 17.2 Å². The molecule has 0 bridgehead atoms. The number of rotatable bonds is 4. The number of ether oxygens (including phenoxy) is 1. The van der Waals surface area contributed by atoms with Gasteiger partial charge >= 0.3 is 12.4 Å². The summed E-state index contributed by atoms with van der Waals surface area (Å²) in [6.07, 6.45) is -8.80. The Bertz CT molecular complexity index is 1180. The molecular weight excluding hydrogens is 512 g/mol. The summed E-state index contributed by atoms with van der Waals surface area (Å²) in [6, 6.07) is 0. The first-order valence-electron chi connectivity index (χ1n) is 11.3. The van der Waals surface area contributed by atoms with Crippen molar-refractivity contribution in [2.24, 2.45) is 0 Å². The predicted octanol–water partition coefficient (Wildman–Crippen LogP) is 1.46. The molecule has 1 N–H and O–H groups in total. The molecule has 0 saturated carbocycles. The van der Waals surface area contributed by atoms with E-state index in [9.17, 15) is 35.9 Å². The Hall–Kier alpha value is -3.27. The summed E-state index contributed by atoms with van der Waals surface area (Å²) in [7, 11) is 0. The molecule has 2 aliphatic rings. The van der Waals surface area contributed by atoms with E-state index in [1.165, 1.54) is 6.92 Å². The van der Waals surface area contributed by atoms with Gasteiger partial charge in [-0.25, -0.2) is 15.1 Å². The van der Waals surface area contributed by atoms with Crippen molar-refractivity contribution in [2.75, 3.05) is 50.8 Å². The molecule has 0 unspecified atom stereocenters. The number of carbonyl (C=O) groups is 1. The zero-order valence-electron chi connectivity index (χ0n) is 19.6. The first kappa shape index (κ1) is 26.8. The molecule has 4 heterocycles. The van der Waals surface area contributed by atoms with Gasteiger partial charge in [-0.05, 0) is 12.5 Å². The Morgan fingerprint density at radius 3 is 2.30 bits per heavy atom. The van der Waals surface area contributed by atoms with Crippen LogP contribution in [0.5, 0.6) is 0 Å². The quantitative estimate of drug-likeness (QED) is 0.587. The molecule has 0 aromatic carbocycles. The van der Waals surface area contributed by atoms with Crippen molar-refractivity contribution in [1.29, 1.82) is 0 Å². The van der Waals surface area contributed by atoms with E-state index in [4.69, 9.17) is 4.74 Å². The fourth-order valence-corrected chi connectivity index (χ4v) is 4.24. The van der Waals surface area contributed by atoms with Gasteiger partial charge in [0.2, 0.25) is 5.95 Å². The number of hydrogen-bond acceptors (Lipinski definition) is 8. The third kappa shape index (κ3) is 6.01. The number of carbonyl (C=O) groups excluding carboxylic acids is 1. The van der Waals surface area contributed by atoms with E-state index in [0.29, 0.717) is 32.0 Å². The minimum absolute atomic E-state index is 0.0160. The Labute approximate surface area is 206 Å². The molecule has 1 amide bonds. The molecule has 0 spiro atoms. The van der Waals surface area contributed by atoms with Crippen LogP contribution in [0.3, 0.4) is 0 Å². The summed E-state index contributed by atoms with van der Waals surface area (Å²) >= 11 is 0. The number of alkyl halides is 6. The maximum atomic E-state index is 13.3. The van der Waals surface area contributed by atoms with Crippen LogP contribution in [-0.2, 0) is 28.4 Å². The zero-order valence-corrected chi connectivity index (χ0v) is 19.6. The Kier molecular flexibility index (Phi) is 7.41. The van der Waals surface area contributed by atoms with Gasteiger partial charge in [0.25, 0.3) is 11.5 Å². The number of morpholine rings is 1. The number of aromatic amines is 1. The van der Waals surface area contributed by atoms with Crippen molar-refractivity contribution in [1.82, 2.24) is 30.0 Å². The van der Waals surface area contributed by atoms with Gasteiger partial charge in [-0.15, -0.1) is 0 Å². The highest BCUT2D eigenvalue weighted by Gasteiger charge is 2.38. The topological polar surface area (TPSA) is 108 Å². The second-order valence-corrected chi connectivity index (χ2v) is 8.67. The fraction of sp³-hybridized carbons (Fsp3) is 0.571. The number of nitrogens with one attached hydrogen (secondary N) is 1. The van der Waals surface area contributed by atoms with Gasteiger partial charge in [-0.3, -0.25) is 14.5 Å². The van der Waals surface area contributed by atoms with Gasteiger partial charge in [0, 0.05) is 58.2 Å².